The van der Waals surface area contributed by atoms with Crippen LogP contribution < -0.4 is 10.6 Å². The zero-order chi connectivity index (χ0) is 24.5. The molecule has 2 saturated heterocycles. The Morgan fingerprint density at radius 3 is 2.50 bits per heavy atom. The van der Waals surface area contributed by atoms with Gasteiger partial charge in [0.05, 0.1) is 42.0 Å². The lowest BCUT2D eigenvalue weighted by Gasteiger charge is -2.32. The van der Waals surface area contributed by atoms with E-state index in [0.717, 1.165) is 59.9 Å². The molecule has 36 heavy (non-hydrogen) atoms. The number of hydrogen-bond donors (Lipinski definition) is 1. The molecule has 0 atom stereocenters. The molecule has 9 heteroatoms. The molecule has 1 aromatic carbocycles. The van der Waals surface area contributed by atoms with Crippen LogP contribution in [0.2, 0.25) is 0 Å². The van der Waals surface area contributed by atoms with Gasteiger partial charge < -0.3 is 20.3 Å². The summed E-state index contributed by atoms with van der Waals surface area (Å²) >= 11 is 0. The number of aromatic nitrogens is 4. The molecule has 9 nitrogen and oxygen atoms in total. The Balaban J connectivity index is 1.32. The van der Waals surface area contributed by atoms with Crippen molar-refractivity contribution in [3.63, 3.8) is 0 Å². The summed E-state index contributed by atoms with van der Waals surface area (Å²) in [6, 6.07) is 13.6. The molecule has 6 rings (SSSR count). The van der Waals surface area contributed by atoms with Crippen molar-refractivity contribution in [3.05, 3.63) is 72.3 Å². The molecule has 0 unspecified atom stereocenters. The lowest BCUT2D eigenvalue weighted by Crippen LogP contribution is -2.38. The summed E-state index contributed by atoms with van der Waals surface area (Å²) in [6.45, 7) is 4.42. The van der Waals surface area contributed by atoms with E-state index in [0.29, 0.717) is 31.9 Å². The monoisotopic (exact) mass is 483 g/mol. The second kappa shape index (κ2) is 9.58. The normalized spacial score (nSPS) is 17.0. The molecule has 0 bridgehead atoms. The lowest BCUT2D eigenvalue weighted by molar-refractivity contribution is 0.0711. The minimum atomic E-state index is 0.0399. The maximum atomic E-state index is 12.9. The molecule has 2 N–H and O–H groups in total. The molecule has 2 aliphatic rings. The van der Waals surface area contributed by atoms with Crippen LogP contribution in [0.15, 0.2) is 61.1 Å². The van der Waals surface area contributed by atoms with Gasteiger partial charge in [0.1, 0.15) is 0 Å². The first-order valence-electron chi connectivity index (χ1n) is 12.4. The summed E-state index contributed by atoms with van der Waals surface area (Å²) in [6.07, 6.45) is 7.00. The number of amides is 1. The number of nitrogen functional groups attached to an aromatic ring is 1. The minimum absolute atomic E-state index is 0.0399. The Bertz CT molecular complexity index is 1360. The number of carbonyl (C=O) groups excluding carboxylic acids is 1. The molecular weight excluding hydrogens is 454 g/mol. The van der Waals surface area contributed by atoms with Crippen LogP contribution in [0.25, 0.3) is 16.9 Å². The molecule has 2 fully saturated rings. The number of ether oxygens (including phenoxy) is 1. The fourth-order valence-corrected chi connectivity index (χ4v) is 5.13. The van der Waals surface area contributed by atoms with Gasteiger partial charge in [-0.2, -0.15) is 5.10 Å². The zero-order valence-corrected chi connectivity index (χ0v) is 20.1. The quantitative estimate of drug-likeness (QED) is 0.445. The second-order valence-electron chi connectivity index (χ2n) is 9.36. The van der Waals surface area contributed by atoms with Crippen LogP contribution in [0.4, 0.5) is 11.4 Å². The van der Waals surface area contributed by atoms with Crippen LogP contribution in [0.5, 0.6) is 0 Å². The number of nitrogens with zero attached hydrogens (tertiary/aromatic N) is 6. The van der Waals surface area contributed by atoms with Crippen molar-refractivity contribution in [1.29, 1.82) is 0 Å². The molecule has 5 heterocycles. The number of imidazole rings is 1. The lowest BCUT2D eigenvalue weighted by atomic mass is 9.93. The van der Waals surface area contributed by atoms with Crippen LogP contribution >= 0.6 is 0 Å². The Kier molecular flexibility index (Phi) is 5.98. The fraction of sp³-hybridized carbons (Fsp3) is 0.333. The summed E-state index contributed by atoms with van der Waals surface area (Å²) in [5.74, 6) is 0.308. The number of morpholine rings is 1. The van der Waals surface area contributed by atoms with E-state index in [-0.39, 0.29) is 11.8 Å². The number of hydrogen-bond acceptors (Lipinski definition) is 7. The predicted octanol–water partition coefficient (Wildman–Crippen LogP) is 3.23. The third kappa shape index (κ3) is 4.26. The van der Waals surface area contributed by atoms with Gasteiger partial charge in [-0.15, -0.1) is 0 Å². The maximum absolute atomic E-state index is 12.9. The van der Waals surface area contributed by atoms with Gasteiger partial charge in [-0.3, -0.25) is 9.78 Å². The van der Waals surface area contributed by atoms with Gasteiger partial charge in [-0.05, 0) is 43.2 Å². The van der Waals surface area contributed by atoms with Crippen LogP contribution in [0.1, 0.15) is 34.8 Å². The molecule has 0 aliphatic carbocycles. The van der Waals surface area contributed by atoms with E-state index in [1.54, 1.807) is 18.5 Å². The standard InChI is InChI=1S/C27H29N7O2/c28-22-5-3-19(4-6-22)23-16-24(32-12-14-36-15-13-32)26-30-18-25(34(26)31-23)20-7-10-33(11-8-20)27(35)21-2-1-9-29-17-21/h1-6,9,16-18,20H,7-8,10-15,28H2. The highest BCUT2D eigenvalue weighted by atomic mass is 16.5. The minimum Gasteiger partial charge on any atom is -0.399 e. The number of carbonyl (C=O) groups is 1. The van der Waals surface area contributed by atoms with Crippen molar-refractivity contribution >= 4 is 22.9 Å². The van der Waals surface area contributed by atoms with E-state index in [4.69, 9.17) is 20.6 Å². The first-order chi connectivity index (χ1) is 17.7. The Hall–Kier alpha value is -3.98. The van der Waals surface area contributed by atoms with Crippen molar-refractivity contribution in [2.45, 2.75) is 18.8 Å². The largest absolute Gasteiger partial charge is 0.399 e. The van der Waals surface area contributed by atoms with Crippen molar-refractivity contribution in [1.82, 2.24) is 24.5 Å². The van der Waals surface area contributed by atoms with Crippen LogP contribution in [-0.4, -0.2) is 69.8 Å². The van der Waals surface area contributed by atoms with Crippen LogP contribution in [-0.2, 0) is 4.74 Å². The SMILES string of the molecule is Nc1ccc(-c2cc(N3CCOCC3)c3ncc(C4CCN(C(=O)c5cccnc5)CC4)n3n2)cc1. The Labute approximate surface area is 209 Å². The van der Waals surface area contributed by atoms with Gasteiger partial charge in [0.2, 0.25) is 0 Å². The number of rotatable bonds is 4. The highest BCUT2D eigenvalue weighted by Gasteiger charge is 2.28. The van der Waals surface area contributed by atoms with Crippen LogP contribution in [0.3, 0.4) is 0 Å². The number of fused-ring (bicyclic) bond motifs is 1. The fourth-order valence-electron chi connectivity index (χ4n) is 5.13. The van der Waals surface area contributed by atoms with Crippen molar-refractivity contribution < 1.29 is 9.53 Å². The highest BCUT2D eigenvalue weighted by Crippen LogP contribution is 2.33. The van der Waals surface area contributed by atoms with Gasteiger partial charge >= 0.3 is 0 Å². The van der Waals surface area contributed by atoms with E-state index < -0.39 is 0 Å². The predicted molar refractivity (Wildman–Crippen MR) is 138 cm³/mol. The number of benzene rings is 1. The van der Waals surface area contributed by atoms with Crippen LogP contribution in [0, 0.1) is 0 Å². The third-order valence-electron chi connectivity index (χ3n) is 7.14. The molecule has 184 valence electrons. The van der Waals surface area contributed by atoms with E-state index in [9.17, 15) is 4.79 Å². The number of piperidine rings is 1. The number of nitrogens with two attached hydrogens (primary N) is 1. The molecule has 3 aromatic heterocycles. The molecular formula is C27H29N7O2. The van der Waals surface area contributed by atoms with Gasteiger partial charge in [-0.25, -0.2) is 9.50 Å². The van der Waals surface area contributed by atoms with E-state index in [1.807, 2.05) is 45.9 Å². The second-order valence-corrected chi connectivity index (χ2v) is 9.36. The molecule has 0 radical (unpaired) electrons. The Morgan fingerprint density at radius 1 is 1.00 bits per heavy atom. The highest BCUT2D eigenvalue weighted by molar-refractivity contribution is 5.93. The Morgan fingerprint density at radius 2 is 1.78 bits per heavy atom. The molecule has 2 aliphatic heterocycles. The smallest absolute Gasteiger partial charge is 0.255 e. The van der Waals surface area contributed by atoms with Gasteiger partial charge in [0.15, 0.2) is 5.65 Å². The number of likely N-dealkylation sites (tertiary alicyclic amines) is 1. The summed E-state index contributed by atoms with van der Waals surface area (Å²) in [5, 5.41) is 5.03. The average molecular weight is 484 g/mol. The van der Waals surface area contributed by atoms with Crippen molar-refractivity contribution in [3.8, 4) is 11.3 Å². The van der Waals surface area contributed by atoms with Crippen molar-refractivity contribution in [2.24, 2.45) is 0 Å². The summed E-state index contributed by atoms with van der Waals surface area (Å²) in [7, 11) is 0. The molecule has 0 saturated carbocycles. The van der Waals surface area contributed by atoms with Gasteiger partial charge in [-0.1, -0.05) is 12.1 Å². The first-order valence-corrected chi connectivity index (χ1v) is 12.4. The van der Waals surface area contributed by atoms with E-state index in [2.05, 4.69) is 16.0 Å². The summed E-state index contributed by atoms with van der Waals surface area (Å²) in [4.78, 5) is 26.0. The van der Waals surface area contributed by atoms with Crippen molar-refractivity contribution in [2.75, 3.05) is 50.0 Å². The van der Waals surface area contributed by atoms with Gasteiger partial charge in [0.25, 0.3) is 5.91 Å². The molecule has 1 amide bonds. The number of pyridine rings is 1. The average Bonchev–Trinajstić information content (AvgIpc) is 3.38. The number of anilines is 2. The van der Waals surface area contributed by atoms with Gasteiger partial charge in [0, 0.05) is 55.7 Å². The van der Waals surface area contributed by atoms with E-state index in [1.165, 1.54) is 0 Å². The molecule has 0 spiro atoms. The van der Waals surface area contributed by atoms with E-state index >= 15 is 0 Å². The molecule has 4 aromatic rings. The first kappa shape index (κ1) is 22.5. The third-order valence-corrected chi connectivity index (χ3v) is 7.14. The summed E-state index contributed by atoms with van der Waals surface area (Å²) < 4.78 is 7.60. The topological polar surface area (TPSA) is 102 Å². The zero-order valence-electron chi connectivity index (χ0n) is 20.1. The maximum Gasteiger partial charge on any atom is 0.255 e. The summed E-state index contributed by atoms with van der Waals surface area (Å²) in [5.41, 5.74) is 12.2.